The second kappa shape index (κ2) is 9.58. The maximum Gasteiger partial charge on any atom is 0.237 e. The van der Waals surface area contributed by atoms with Crippen LogP contribution in [0.5, 0.6) is 11.6 Å². The van der Waals surface area contributed by atoms with Crippen LogP contribution in [0, 0.1) is 24.4 Å². The molecule has 0 amide bonds. The summed E-state index contributed by atoms with van der Waals surface area (Å²) in [5.74, 6) is -6.42. The zero-order valence-corrected chi connectivity index (χ0v) is 19.0. The van der Waals surface area contributed by atoms with Crippen molar-refractivity contribution in [1.29, 1.82) is 0 Å². The Bertz CT molecular complexity index is 1520. The van der Waals surface area contributed by atoms with Crippen molar-refractivity contribution in [1.82, 2.24) is 15.0 Å². The van der Waals surface area contributed by atoms with Crippen LogP contribution in [-0.4, -0.2) is 23.4 Å². The van der Waals surface area contributed by atoms with E-state index in [1.54, 1.807) is 42.0 Å². The molecule has 3 N–H and O–H groups in total. The molecule has 0 atom stereocenters. The van der Waals surface area contributed by atoms with Crippen LogP contribution >= 0.6 is 0 Å². The third kappa shape index (κ3) is 5.49. The molecule has 12 heteroatoms. The van der Waals surface area contributed by atoms with Gasteiger partial charge in [-0.2, -0.15) is 4.39 Å². The highest BCUT2D eigenvalue weighted by Gasteiger charge is 2.25. The molecule has 4 rings (SSSR count). The quantitative estimate of drug-likeness (QED) is 0.356. The first-order chi connectivity index (χ1) is 16.6. The molecule has 0 spiro atoms. The van der Waals surface area contributed by atoms with Gasteiger partial charge in [0.15, 0.2) is 17.4 Å². The number of hydrogen-bond acceptors (Lipinski definition) is 7. The molecule has 35 heavy (non-hydrogen) atoms. The van der Waals surface area contributed by atoms with E-state index in [2.05, 4.69) is 15.0 Å². The normalized spacial score (nSPS) is 11.3. The summed E-state index contributed by atoms with van der Waals surface area (Å²) < 4.78 is 76.4. The van der Waals surface area contributed by atoms with Crippen LogP contribution < -0.4 is 15.2 Å². The first kappa shape index (κ1) is 24.0. The summed E-state index contributed by atoms with van der Waals surface area (Å²) in [4.78, 5) is 11.8. The lowest BCUT2D eigenvalue weighted by Gasteiger charge is -2.14. The predicted molar refractivity (Wildman–Crippen MR) is 123 cm³/mol. The average molecular weight is 501 g/mol. The number of nitrogen functional groups attached to an aromatic ring is 1. The van der Waals surface area contributed by atoms with Gasteiger partial charge in [-0.25, -0.2) is 32.2 Å². The number of anilines is 2. The maximum absolute atomic E-state index is 14.8. The SMILES string of the molecule is Cc1cccc(CS(=O)(=O)Nc2c(F)cc(Oc3ncccc3-c3ccnc(N)n3)c(F)c2F)c1. The van der Waals surface area contributed by atoms with Gasteiger partial charge in [0.1, 0.15) is 5.69 Å². The molecule has 0 aliphatic carbocycles. The fourth-order valence-electron chi connectivity index (χ4n) is 3.25. The van der Waals surface area contributed by atoms with Crippen molar-refractivity contribution >= 4 is 21.7 Å². The zero-order valence-electron chi connectivity index (χ0n) is 18.2. The van der Waals surface area contributed by atoms with Gasteiger partial charge >= 0.3 is 0 Å². The molecular formula is C23H18F3N5O3S. The summed E-state index contributed by atoms with van der Waals surface area (Å²) in [6.07, 6.45) is 2.70. The number of sulfonamides is 1. The van der Waals surface area contributed by atoms with Crippen molar-refractivity contribution in [3.63, 3.8) is 0 Å². The number of rotatable bonds is 7. The molecule has 0 aliphatic rings. The van der Waals surface area contributed by atoms with E-state index in [-0.39, 0.29) is 23.1 Å². The van der Waals surface area contributed by atoms with Crippen LogP contribution in [0.25, 0.3) is 11.3 Å². The fraction of sp³-hybridized carbons (Fsp3) is 0.0870. The van der Waals surface area contributed by atoms with E-state index < -0.39 is 44.7 Å². The highest BCUT2D eigenvalue weighted by Crippen LogP contribution is 2.35. The smallest absolute Gasteiger partial charge is 0.237 e. The van der Waals surface area contributed by atoms with Gasteiger partial charge in [-0.1, -0.05) is 29.8 Å². The molecule has 0 unspecified atom stereocenters. The number of nitrogens with two attached hydrogens (primary N) is 1. The third-order valence-corrected chi connectivity index (χ3v) is 5.98. The molecule has 0 fully saturated rings. The van der Waals surface area contributed by atoms with E-state index in [1.165, 1.54) is 24.5 Å². The largest absolute Gasteiger partial charge is 0.435 e. The van der Waals surface area contributed by atoms with Crippen LogP contribution in [-0.2, 0) is 15.8 Å². The van der Waals surface area contributed by atoms with E-state index in [1.807, 2.05) is 0 Å². The Balaban J connectivity index is 1.64. The summed E-state index contributed by atoms with van der Waals surface area (Å²) in [5.41, 5.74) is 6.16. The minimum absolute atomic E-state index is 0.0390. The topological polar surface area (TPSA) is 120 Å². The zero-order chi connectivity index (χ0) is 25.2. The second-order valence-electron chi connectivity index (χ2n) is 7.47. The second-order valence-corrected chi connectivity index (χ2v) is 9.19. The Kier molecular flexibility index (Phi) is 6.56. The molecule has 0 aliphatic heterocycles. The van der Waals surface area contributed by atoms with Crippen molar-refractivity contribution in [3.05, 3.63) is 89.5 Å². The summed E-state index contributed by atoms with van der Waals surface area (Å²) in [6.45, 7) is 1.77. The first-order valence-corrected chi connectivity index (χ1v) is 11.7. The summed E-state index contributed by atoms with van der Waals surface area (Å²) in [5, 5.41) is 0. The van der Waals surface area contributed by atoms with Gasteiger partial charge in [0, 0.05) is 18.5 Å². The van der Waals surface area contributed by atoms with Gasteiger partial charge in [-0.05, 0) is 30.7 Å². The van der Waals surface area contributed by atoms with E-state index in [4.69, 9.17) is 10.5 Å². The van der Waals surface area contributed by atoms with Crippen molar-refractivity contribution in [2.24, 2.45) is 0 Å². The third-order valence-electron chi connectivity index (χ3n) is 4.75. The minimum Gasteiger partial charge on any atom is -0.435 e. The number of ether oxygens (including phenoxy) is 1. The highest BCUT2D eigenvalue weighted by atomic mass is 32.2. The number of aromatic nitrogens is 3. The van der Waals surface area contributed by atoms with Crippen LogP contribution in [0.4, 0.5) is 24.8 Å². The number of halogens is 3. The maximum atomic E-state index is 14.8. The minimum atomic E-state index is -4.26. The number of nitrogens with one attached hydrogen (secondary N) is 1. The van der Waals surface area contributed by atoms with Gasteiger partial charge in [0.2, 0.25) is 27.7 Å². The molecule has 180 valence electrons. The monoisotopic (exact) mass is 501 g/mol. The molecule has 0 saturated heterocycles. The van der Waals surface area contributed by atoms with Gasteiger partial charge in [-0.15, -0.1) is 0 Å². The number of pyridine rings is 1. The van der Waals surface area contributed by atoms with Crippen LogP contribution in [0.3, 0.4) is 0 Å². The van der Waals surface area contributed by atoms with E-state index in [0.29, 0.717) is 11.6 Å². The van der Waals surface area contributed by atoms with Crippen LogP contribution in [0.15, 0.2) is 60.9 Å². The highest BCUT2D eigenvalue weighted by molar-refractivity contribution is 7.91. The standard InChI is InChI=1S/C23H18F3N5O3S/c1-13-4-2-5-14(10-13)12-35(32,33)31-21-16(24)11-18(19(25)20(21)26)34-22-15(6-3-8-28-22)17-7-9-29-23(27)30-17/h2-11,31H,12H2,1H3,(H2,27,29,30). The van der Waals surface area contributed by atoms with Gasteiger partial charge in [-0.3, -0.25) is 4.72 Å². The predicted octanol–water partition coefficient (Wildman–Crippen LogP) is 4.58. The Labute approximate surface area is 198 Å². The average Bonchev–Trinajstić information content (AvgIpc) is 2.80. The Hall–Kier alpha value is -4.19. The lowest BCUT2D eigenvalue weighted by molar-refractivity contribution is 0.401. The lowest BCUT2D eigenvalue weighted by atomic mass is 10.2. The van der Waals surface area contributed by atoms with Gasteiger partial charge < -0.3 is 10.5 Å². The Morgan fingerprint density at radius 1 is 1.00 bits per heavy atom. The number of benzene rings is 2. The number of aryl methyl sites for hydroxylation is 1. The van der Waals surface area contributed by atoms with E-state index >= 15 is 0 Å². The molecule has 0 saturated carbocycles. The van der Waals surface area contributed by atoms with Gasteiger partial charge in [0.25, 0.3) is 0 Å². The molecule has 2 heterocycles. The van der Waals surface area contributed by atoms with Crippen molar-refractivity contribution in [2.45, 2.75) is 12.7 Å². The fourth-order valence-corrected chi connectivity index (χ4v) is 4.44. The number of hydrogen-bond donors (Lipinski definition) is 2. The molecule has 2 aromatic heterocycles. The molecule has 2 aromatic carbocycles. The first-order valence-electron chi connectivity index (χ1n) is 10.1. The van der Waals surface area contributed by atoms with Gasteiger partial charge in [0.05, 0.1) is 17.0 Å². The number of nitrogens with zero attached hydrogens (tertiary/aromatic N) is 3. The molecule has 0 radical (unpaired) electrons. The molecule has 0 bridgehead atoms. The van der Waals surface area contributed by atoms with E-state index in [9.17, 15) is 21.6 Å². The van der Waals surface area contributed by atoms with Crippen molar-refractivity contribution < 1.29 is 26.3 Å². The summed E-state index contributed by atoms with van der Waals surface area (Å²) in [6, 6.07) is 11.7. The molecular weight excluding hydrogens is 483 g/mol. The summed E-state index contributed by atoms with van der Waals surface area (Å²) in [7, 11) is -4.26. The van der Waals surface area contributed by atoms with Crippen LogP contribution in [0.1, 0.15) is 11.1 Å². The Morgan fingerprint density at radius 2 is 1.80 bits per heavy atom. The Morgan fingerprint density at radius 3 is 2.54 bits per heavy atom. The molecule has 4 aromatic rings. The van der Waals surface area contributed by atoms with Crippen molar-refractivity contribution in [3.8, 4) is 22.9 Å². The molecule has 8 nitrogen and oxygen atoms in total. The lowest BCUT2D eigenvalue weighted by Crippen LogP contribution is -2.18. The van der Waals surface area contributed by atoms with Crippen molar-refractivity contribution in [2.75, 3.05) is 10.5 Å². The van der Waals surface area contributed by atoms with E-state index in [0.717, 1.165) is 5.56 Å². The summed E-state index contributed by atoms with van der Waals surface area (Å²) >= 11 is 0. The van der Waals surface area contributed by atoms with Crippen LogP contribution in [0.2, 0.25) is 0 Å².